The van der Waals surface area contributed by atoms with Crippen LogP contribution in [-0.4, -0.2) is 10.7 Å². The van der Waals surface area contributed by atoms with Crippen molar-refractivity contribution >= 4 is 35.0 Å². The summed E-state index contributed by atoms with van der Waals surface area (Å²) in [5.41, 5.74) is 0. The van der Waals surface area contributed by atoms with Gasteiger partial charge in [0, 0.05) is 12.1 Å². The molecule has 1 heterocycles. The van der Waals surface area contributed by atoms with E-state index in [1.165, 1.54) is 0 Å². The van der Waals surface area contributed by atoms with Crippen molar-refractivity contribution in [2.45, 2.75) is 11.9 Å². The molecule has 2 rings (SSSR count). The van der Waals surface area contributed by atoms with E-state index in [1.54, 1.807) is 42.1 Å². The summed E-state index contributed by atoms with van der Waals surface area (Å²) in [6, 6.07) is 11.8. The quantitative estimate of drug-likeness (QED) is 0.734. The number of hydrogen-bond donors (Lipinski definition) is 0. The fourth-order valence-corrected chi connectivity index (χ4v) is 2.21. The molecule has 2 aromatic rings. The molecule has 0 aliphatic carbocycles. The topological polar surface area (TPSA) is 22.1 Å². The zero-order valence-corrected chi connectivity index (χ0v) is 11.9. The van der Waals surface area contributed by atoms with Crippen molar-refractivity contribution in [3.8, 4) is 11.6 Å². The highest BCUT2D eigenvalue weighted by molar-refractivity contribution is 7.99. The lowest BCUT2D eigenvalue weighted by molar-refractivity contribution is 0.459. The van der Waals surface area contributed by atoms with Crippen molar-refractivity contribution in [2.24, 2.45) is 0 Å². The third-order valence-corrected chi connectivity index (χ3v) is 3.63. The molecule has 0 aliphatic rings. The second kappa shape index (κ2) is 6.32. The van der Waals surface area contributed by atoms with E-state index in [4.69, 9.17) is 27.9 Å². The van der Waals surface area contributed by atoms with Gasteiger partial charge in [0.05, 0.1) is 5.02 Å². The first kappa shape index (κ1) is 13.5. The standard InChI is InChI=1S/C13H10Cl2NOS/c1-2-18-12-8-4-7-11(16-12)17-10-6-3-5-9(14)13(10)15/h3-7H,2H2,1H3. The number of benzene rings is 1. The summed E-state index contributed by atoms with van der Waals surface area (Å²) in [6.45, 7) is 2.06. The first-order chi connectivity index (χ1) is 8.70. The van der Waals surface area contributed by atoms with E-state index < -0.39 is 0 Å². The molecule has 5 heteroatoms. The van der Waals surface area contributed by atoms with Gasteiger partial charge in [-0.3, -0.25) is 0 Å². The summed E-state index contributed by atoms with van der Waals surface area (Å²) in [5.74, 6) is 1.91. The minimum Gasteiger partial charge on any atom is -0.437 e. The van der Waals surface area contributed by atoms with Gasteiger partial charge in [-0.25, -0.2) is 4.98 Å². The van der Waals surface area contributed by atoms with Crippen molar-refractivity contribution in [3.63, 3.8) is 0 Å². The summed E-state index contributed by atoms with van der Waals surface area (Å²) in [4.78, 5) is 4.31. The number of thioether (sulfide) groups is 1. The number of hydrogen-bond acceptors (Lipinski definition) is 3. The van der Waals surface area contributed by atoms with E-state index >= 15 is 0 Å². The summed E-state index contributed by atoms with van der Waals surface area (Å²) in [7, 11) is 0. The Hall–Kier alpha value is -0.900. The van der Waals surface area contributed by atoms with Gasteiger partial charge in [-0.2, -0.15) is 0 Å². The molecule has 0 saturated heterocycles. The SMILES string of the molecule is CCSc1[c]ccc(Oc2cccc(Cl)c2Cl)n1. The zero-order chi connectivity index (χ0) is 13.0. The van der Waals surface area contributed by atoms with Crippen LogP contribution in [0, 0.1) is 6.07 Å². The Kier molecular flexibility index (Phi) is 4.75. The van der Waals surface area contributed by atoms with Crippen molar-refractivity contribution < 1.29 is 4.74 Å². The number of ether oxygens (including phenoxy) is 1. The molecule has 93 valence electrons. The Morgan fingerprint density at radius 3 is 2.94 bits per heavy atom. The molecule has 0 N–H and O–H groups in total. The molecule has 1 radical (unpaired) electrons. The Morgan fingerprint density at radius 2 is 2.17 bits per heavy atom. The molecule has 18 heavy (non-hydrogen) atoms. The summed E-state index contributed by atoms with van der Waals surface area (Å²) in [5, 5.41) is 1.64. The van der Waals surface area contributed by atoms with Gasteiger partial charge in [0.25, 0.3) is 0 Å². The van der Waals surface area contributed by atoms with E-state index in [0.29, 0.717) is 21.7 Å². The number of aromatic nitrogens is 1. The highest BCUT2D eigenvalue weighted by Gasteiger charge is 2.07. The Labute approximate surface area is 120 Å². The zero-order valence-electron chi connectivity index (χ0n) is 9.61. The van der Waals surface area contributed by atoms with E-state index in [2.05, 4.69) is 18.0 Å². The molecular formula is C13H10Cl2NOS. The van der Waals surface area contributed by atoms with Crippen molar-refractivity contribution in [1.82, 2.24) is 4.98 Å². The van der Waals surface area contributed by atoms with Crippen LogP contribution in [0.4, 0.5) is 0 Å². The normalized spacial score (nSPS) is 10.4. The molecule has 0 fully saturated rings. The third kappa shape index (κ3) is 3.31. The number of halogens is 2. The lowest BCUT2D eigenvalue weighted by Crippen LogP contribution is -1.90. The Balaban J connectivity index is 2.23. The molecular weight excluding hydrogens is 289 g/mol. The van der Waals surface area contributed by atoms with E-state index in [1.807, 2.05) is 0 Å². The summed E-state index contributed by atoms with van der Waals surface area (Å²) >= 11 is 13.6. The van der Waals surface area contributed by atoms with Crippen LogP contribution in [0.25, 0.3) is 0 Å². The number of rotatable bonds is 4. The molecule has 0 atom stereocenters. The fourth-order valence-electron chi connectivity index (χ4n) is 1.30. The van der Waals surface area contributed by atoms with E-state index in [-0.39, 0.29) is 0 Å². The van der Waals surface area contributed by atoms with E-state index in [0.717, 1.165) is 10.8 Å². The van der Waals surface area contributed by atoms with Gasteiger partial charge in [0.1, 0.15) is 15.8 Å². The van der Waals surface area contributed by atoms with Crippen LogP contribution in [0.3, 0.4) is 0 Å². The van der Waals surface area contributed by atoms with Gasteiger partial charge >= 0.3 is 0 Å². The molecule has 2 nitrogen and oxygen atoms in total. The van der Waals surface area contributed by atoms with Gasteiger partial charge in [0.15, 0.2) is 0 Å². The van der Waals surface area contributed by atoms with Gasteiger partial charge in [-0.05, 0) is 24.0 Å². The highest BCUT2D eigenvalue weighted by atomic mass is 35.5. The molecule has 0 saturated carbocycles. The van der Waals surface area contributed by atoms with Crippen LogP contribution in [0.2, 0.25) is 10.0 Å². The average molecular weight is 299 g/mol. The molecule has 0 unspecified atom stereocenters. The Morgan fingerprint density at radius 1 is 1.33 bits per heavy atom. The van der Waals surface area contributed by atoms with Gasteiger partial charge in [-0.1, -0.05) is 36.2 Å². The van der Waals surface area contributed by atoms with Crippen molar-refractivity contribution in [3.05, 3.63) is 46.4 Å². The first-order valence-corrected chi connectivity index (χ1v) is 7.08. The first-order valence-electron chi connectivity index (χ1n) is 5.34. The maximum atomic E-state index is 6.05. The van der Waals surface area contributed by atoms with Crippen LogP contribution in [-0.2, 0) is 0 Å². The minimum atomic E-state index is 0.387. The maximum Gasteiger partial charge on any atom is 0.220 e. The molecule has 0 bridgehead atoms. The second-order valence-electron chi connectivity index (χ2n) is 3.32. The smallest absolute Gasteiger partial charge is 0.220 e. The van der Waals surface area contributed by atoms with Crippen molar-refractivity contribution in [1.29, 1.82) is 0 Å². The predicted molar refractivity (Wildman–Crippen MR) is 76.0 cm³/mol. The molecule has 1 aromatic carbocycles. The molecule has 0 spiro atoms. The average Bonchev–Trinajstić information content (AvgIpc) is 2.36. The van der Waals surface area contributed by atoms with Crippen LogP contribution >= 0.6 is 35.0 Å². The number of nitrogens with zero attached hydrogens (tertiary/aromatic N) is 1. The second-order valence-corrected chi connectivity index (χ2v) is 5.36. The lowest BCUT2D eigenvalue weighted by atomic mass is 10.3. The van der Waals surface area contributed by atoms with Crippen LogP contribution in [0.1, 0.15) is 6.92 Å². The third-order valence-electron chi connectivity index (χ3n) is 2.06. The fraction of sp³-hybridized carbons (Fsp3) is 0.154. The van der Waals surface area contributed by atoms with Crippen LogP contribution < -0.4 is 4.74 Å². The highest BCUT2D eigenvalue weighted by Crippen LogP contribution is 2.34. The van der Waals surface area contributed by atoms with Crippen molar-refractivity contribution in [2.75, 3.05) is 5.75 Å². The van der Waals surface area contributed by atoms with Gasteiger partial charge in [-0.15, -0.1) is 11.8 Å². The van der Waals surface area contributed by atoms with Gasteiger partial charge in [0.2, 0.25) is 5.88 Å². The van der Waals surface area contributed by atoms with Gasteiger partial charge < -0.3 is 4.74 Å². The molecule has 0 amide bonds. The maximum absolute atomic E-state index is 6.05. The van der Waals surface area contributed by atoms with E-state index in [9.17, 15) is 0 Å². The minimum absolute atomic E-state index is 0.387. The lowest BCUT2D eigenvalue weighted by Gasteiger charge is -2.08. The van der Waals surface area contributed by atoms with Crippen LogP contribution in [0.5, 0.6) is 11.6 Å². The largest absolute Gasteiger partial charge is 0.437 e. The Bertz CT molecular complexity index is 548. The van der Waals surface area contributed by atoms with Crippen LogP contribution in [0.15, 0.2) is 35.4 Å². The summed E-state index contributed by atoms with van der Waals surface area (Å²) < 4.78 is 5.62. The predicted octanol–water partition coefficient (Wildman–Crippen LogP) is 5.09. The number of pyridine rings is 1. The molecule has 0 aliphatic heterocycles. The molecule has 1 aromatic heterocycles. The summed E-state index contributed by atoms with van der Waals surface area (Å²) in [6.07, 6.45) is 0. The monoisotopic (exact) mass is 298 g/mol.